The van der Waals surface area contributed by atoms with E-state index in [0.717, 1.165) is 22.0 Å². The fraction of sp³-hybridized carbons (Fsp3) is 0.211. The van der Waals surface area contributed by atoms with E-state index in [2.05, 4.69) is 15.0 Å². The maximum atomic E-state index is 7.98. The van der Waals surface area contributed by atoms with Gasteiger partial charge in [0.1, 0.15) is 6.17 Å². The van der Waals surface area contributed by atoms with Gasteiger partial charge in [-0.2, -0.15) is 0 Å². The van der Waals surface area contributed by atoms with Gasteiger partial charge in [-0.15, -0.1) is 0 Å². The van der Waals surface area contributed by atoms with Crippen molar-refractivity contribution in [2.75, 3.05) is 16.8 Å². The van der Waals surface area contributed by atoms with Crippen molar-refractivity contribution in [3.05, 3.63) is 48.4 Å². The van der Waals surface area contributed by atoms with E-state index in [1.165, 1.54) is 11.1 Å². The topological polar surface area (TPSA) is 58.3 Å². The lowest BCUT2D eigenvalue weighted by Gasteiger charge is -2.27. The number of furan rings is 1. The van der Waals surface area contributed by atoms with Crippen molar-refractivity contribution < 1.29 is 8.53 Å². The lowest BCUT2D eigenvalue weighted by atomic mass is 10.1. The molecule has 6 heteroatoms. The summed E-state index contributed by atoms with van der Waals surface area (Å²) in [5.41, 5.74) is 2.92. The van der Waals surface area contributed by atoms with Gasteiger partial charge < -0.3 is 9.32 Å². The molecule has 0 fully saturated rings. The molecule has 1 atom stereocenters. The Hall–Kier alpha value is -3.15. The van der Waals surface area contributed by atoms with E-state index in [9.17, 15) is 0 Å². The molecule has 1 aromatic carbocycles. The molecule has 0 N–H and O–H groups in total. The molecule has 1 unspecified atom stereocenters. The third-order valence-electron chi connectivity index (χ3n) is 4.70. The number of aryl methyl sites for hydroxylation is 1. The second-order valence-corrected chi connectivity index (χ2v) is 6.14. The van der Waals surface area contributed by atoms with E-state index in [-0.39, 0.29) is 0 Å². The molecule has 1 aliphatic rings. The quantitative estimate of drug-likeness (QED) is 0.524. The molecular weight excluding hydrogens is 314 g/mol. The van der Waals surface area contributed by atoms with Crippen molar-refractivity contribution in [2.45, 2.75) is 20.0 Å². The van der Waals surface area contributed by atoms with E-state index in [1.807, 2.05) is 43.0 Å². The van der Waals surface area contributed by atoms with Crippen molar-refractivity contribution >= 4 is 39.4 Å². The zero-order chi connectivity index (χ0) is 19.6. The van der Waals surface area contributed by atoms with Crippen LogP contribution in [0.1, 0.15) is 16.6 Å². The zero-order valence-electron chi connectivity index (χ0n) is 16.8. The summed E-state index contributed by atoms with van der Waals surface area (Å²) < 4.78 is 30.0. The maximum Gasteiger partial charge on any atom is 0.227 e. The highest BCUT2D eigenvalue weighted by molar-refractivity contribution is 6.09. The van der Waals surface area contributed by atoms with Crippen LogP contribution in [0.25, 0.3) is 22.1 Å². The molecule has 25 heavy (non-hydrogen) atoms. The van der Waals surface area contributed by atoms with Crippen molar-refractivity contribution in [2.24, 2.45) is 0 Å². The summed E-state index contributed by atoms with van der Waals surface area (Å²) in [5.74, 6) is 0.829. The Morgan fingerprint density at radius 3 is 2.72 bits per heavy atom. The minimum absolute atomic E-state index is 0.334. The summed E-state index contributed by atoms with van der Waals surface area (Å²) >= 11 is 0. The van der Waals surface area contributed by atoms with Crippen LogP contribution in [0.4, 0.5) is 17.3 Å². The predicted molar refractivity (Wildman–Crippen MR) is 98.3 cm³/mol. The normalized spacial score (nSPS) is 19.1. The standard InChI is InChI=1S/C19H17N5O/c1-11-6-7-13-14-5-4-8-22-19(14)25-16(13)15(11)24-12(2)23(3)17-18(24)21-10-9-20-17/h4-10,12H,1-3H3/i3D3. The van der Waals surface area contributed by atoms with Crippen LogP contribution in [0.15, 0.2) is 47.3 Å². The number of nitrogens with zero attached hydrogens (tertiary/aromatic N) is 5. The third kappa shape index (κ3) is 1.82. The number of fused-ring (bicyclic) bond motifs is 4. The summed E-state index contributed by atoms with van der Waals surface area (Å²) in [6.07, 6.45) is 4.24. The third-order valence-corrected chi connectivity index (χ3v) is 4.70. The first kappa shape index (κ1) is 11.4. The summed E-state index contributed by atoms with van der Waals surface area (Å²) in [6.45, 7) is 1.45. The molecule has 4 heterocycles. The monoisotopic (exact) mass is 334 g/mol. The summed E-state index contributed by atoms with van der Waals surface area (Å²) in [5, 5.41) is 1.84. The number of hydrogen-bond acceptors (Lipinski definition) is 6. The van der Waals surface area contributed by atoms with Crippen LogP contribution in [0.2, 0.25) is 0 Å². The van der Waals surface area contributed by atoms with Crippen LogP contribution in [0.3, 0.4) is 0 Å². The average molecular weight is 334 g/mol. The molecule has 1 aliphatic heterocycles. The fourth-order valence-corrected chi connectivity index (χ4v) is 3.48. The summed E-state index contributed by atoms with van der Waals surface area (Å²) in [6, 6.07) is 7.83. The largest absolute Gasteiger partial charge is 0.435 e. The van der Waals surface area contributed by atoms with Gasteiger partial charge in [0.2, 0.25) is 5.71 Å². The first-order valence-electron chi connectivity index (χ1n) is 9.54. The van der Waals surface area contributed by atoms with Gasteiger partial charge in [-0.3, -0.25) is 4.90 Å². The van der Waals surface area contributed by atoms with Gasteiger partial charge in [0.25, 0.3) is 0 Å². The molecule has 0 saturated heterocycles. The molecule has 0 spiro atoms. The number of hydrogen-bond donors (Lipinski definition) is 0. The molecule has 0 bridgehead atoms. The molecule has 5 rings (SSSR count). The highest BCUT2D eigenvalue weighted by Gasteiger charge is 2.36. The Balaban J connectivity index is 1.82. The Labute approximate surface area is 148 Å². The van der Waals surface area contributed by atoms with E-state index < -0.39 is 13.1 Å². The minimum Gasteiger partial charge on any atom is -0.435 e. The van der Waals surface area contributed by atoms with E-state index in [1.54, 1.807) is 12.4 Å². The highest BCUT2D eigenvalue weighted by Crippen LogP contribution is 2.45. The van der Waals surface area contributed by atoms with Gasteiger partial charge in [0.05, 0.1) is 5.69 Å². The van der Waals surface area contributed by atoms with Gasteiger partial charge in [-0.1, -0.05) is 12.1 Å². The van der Waals surface area contributed by atoms with Crippen LogP contribution < -0.4 is 9.80 Å². The fourth-order valence-electron chi connectivity index (χ4n) is 3.48. The molecular formula is C19H17N5O. The zero-order valence-corrected chi connectivity index (χ0v) is 13.8. The smallest absolute Gasteiger partial charge is 0.227 e. The van der Waals surface area contributed by atoms with Crippen LogP contribution in [-0.4, -0.2) is 28.1 Å². The molecule has 4 aromatic rings. The van der Waals surface area contributed by atoms with Gasteiger partial charge in [-0.25, -0.2) is 15.0 Å². The Kier molecular flexibility index (Phi) is 2.25. The number of pyridine rings is 1. The number of aromatic nitrogens is 3. The van der Waals surface area contributed by atoms with Crippen LogP contribution in [-0.2, 0) is 0 Å². The second-order valence-electron chi connectivity index (χ2n) is 6.14. The molecule has 124 valence electrons. The molecule has 3 aromatic heterocycles. The Morgan fingerprint density at radius 1 is 1.04 bits per heavy atom. The van der Waals surface area contributed by atoms with Gasteiger partial charge in [0, 0.05) is 40.5 Å². The Bertz CT molecular complexity index is 1220. The molecule has 0 amide bonds. The van der Waals surface area contributed by atoms with Crippen molar-refractivity contribution in [1.82, 2.24) is 15.0 Å². The second kappa shape index (κ2) is 4.92. The van der Waals surface area contributed by atoms with Crippen LogP contribution in [0.5, 0.6) is 0 Å². The van der Waals surface area contributed by atoms with Gasteiger partial charge in [0.15, 0.2) is 17.2 Å². The molecule has 0 aliphatic carbocycles. The minimum atomic E-state index is -2.35. The van der Waals surface area contributed by atoms with Crippen molar-refractivity contribution in [1.29, 1.82) is 0 Å². The van der Waals surface area contributed by atoms with Crippen LogP contribution in [0, 0.1) is 6.92 Å². The average Bonchev–Trinajstić information content (AvgIpc) is 3.16. The maximum absolute atomic E-state index is 7.98. The number of anilines is 3. The summed E-state index contributed by atoms with van der Waals surface area (Å²) in [7, 11) is 0. The van der Waals surface area contributed by atoms with Crippen molar-refractivity contribution in [3.8, 4) is 0 Å². The van der Waals surface area contributed by atoms with Gasteiger partial charge in [-0.05, 0) is 31.5 Å². The molecule has 0 radical (unpaired) electrons. The lowest BCUT2D eigenvalue weighted by Crippen LogP contribution is -2.36. The molecule has 0 saturated carbocycles. The number of rotatable bonds is 1. The lowest BCUT2D eigenvalue weighted by molar-refractivity contribution is 0.647. The molecule has 6 nitrogen and oxygen atoms in total. The Morgan fingerprint density at radius 2 is 1.88 bits per heavy atom. The first-order chi connectivity index (χ1) is 13.4. The highest BCUT2D eigenvalue weighted by atomic mass is 16.3. The first-order valence-corrected chi connectivity index (χ1v) is 8.04. The predicted octanol–water partition coefficient (Wildman–Crippen LogP) is 4.01. The number of benzene rings is 1. The van der Waals surface area contributed by atoms with E-state index in [0.29, 0.717) is 22.9 Å². The summed E-state index contributed by atoms with van der Waals surface area (Å²) in [4.78, 5) is 16.3. The van der Waals surface area contributed by atoms with Crippen molar-refractivity contribution in [3.63, 3.8) is 0 Å². The van der Waals surface area contributed by atoms with E-state index >= 15 is 0 Å². The van der Waals surface area contributed by atoms with Gasteiger partial charge >= 0.3 is 0 Å². The van der Waals surface area contributed by atoms with E-state index in [4.69, 9.17) is 8.53 Å². The van der Waals surface area contributed by atoms with Crippen LogP contribution >= 0.6 is 0 Å². The SMILES string of the molecule is [2H]C([2H])([2H])N1c2nccnc2N(c2c(C)ccc3c2oc2ncccc23)C1C.